The SMILES string of the molecule is CN(C)N(C)C(n1nnc2ccccc21)=[N+](C)C.F[B-](F)(F)F. The van der Waals surface area contributed by atoms with Gasteiger partial charge in [-0.1, -0.05) is 16.8 Å². The van der Waals surface area contributed by atoms with E-state index in [-0.39, 0.29) is 0 Å². The number of benzene rings is 1. The number of rotatable bonds is 1. The second-order valence-corrected chi connectivity index (χ2v) is 5.05. The van der Waals surface area contributed by atoms with Crippen molar-refractivity contribution >= 4 is 24.2 Å². The highest BCUT2D eigenvalue weighted by Gasteiger charge is 2.25. The van der Waals surface area contributed by atoms with E-state index in [1.54, 1.807) is 0 Å². The number of nitrogens with zero attached hydrogens (tertiary/aromatic N) is 6. The molecule has 1 aromatic carbocycles. The summed E-state index contributed by atoms with van der Waals surface area (Å²) in [5, 5.41) is 12.4. The summed E-state index contributed by atoms with van der Waals surface area (Å²) < 4.78 is 42.9. The molecule has 0 unspecified atom stereocenters. The van der Waals surface area contributed by atoms with Crippen LogP contribution in [0.1, 0.15) is 0 Å². The lowest BCUT2D eigenvalue weighted by atomic mass is 10.3. The molecule has 0 saturated heterocycles. The lowest BCUT2D eigenvalue weighted by Gasteiger charge is -2.21. The predicted octanol–water partition coefficient (Wildman–Crippen LogP) is 1.62. The van der Waals surface area contributed by atoms with Crippen LogP contribution in [0.2, 0.25) is 0 Å². The van der Waals surface area contributed by atoms with E-state index >= 15 is 0 Å². The zero-order valence-electron chi connectivity index (χ0n) is 13.6. The monoisotopic (exact) mass is 334 g/mol. The average molecular weight is 334 g/mol. The van der Waals surface area contributed by atoms with Crippen molar-refractivity contribution in [2.45, 2.75) is 0 Å². The summed E-state index contributed by atoms with van der Waals surface area (Å²) in [6.07, 6.45) is 0. The Balaban J connectivity index is 0.000000463. The maximum absolute atomic E-state index is 9.75. The van der Waals surface area contributed by atoms with Gasteiger partial charge in [-0.3, -0.25) is 4.58 Å². The van der Waals surface area contributed by atoms with Crippen molar-refractivity contribution in [3.05, 3.63) is 24.3 Å². The van der Waals surface area contributed by atoms with Crippen molar-refractivity contribution in [2.24, 2.45) is 0 Å². The van der Waals surface area contributed by atoms with Crippen molar-refractivity contribution in [1.82, 2.24) is 25.0 Å². The van der Waals surface area contributed by atoms with Crippen molar-refractivity contribution in [2.75, 3.05) is 35.2 Å². The number of hydrazine groups is 1. The number of aromatic nitrogens is 3. The van der Waals surface area contributed by atoms with Crippen LogP contribution < -0.4 is 0 Å². The first kappa shape index (κ1) is 18.9. The number of para-hydroxylation sites is 1. The minimum atomic E-state index is -6.00. The Kier molecular flexibility index (Phi) is 6.08. The number of fused-ring (bicyclic) bond motifs is 1. The van der Waals surface area contributed by atoms with Gasteiger partial charge in [-0.2, -0.15) is 10.0 Å². The molecule has 1 aromatic heterocycles. The first-order valence-electron chi connectivity index (χ1n) is 6.65. The first-order chi connectivity index (χ1) is 10.5. The highest BCUT2D eigenvalue weighted by Crippen LogP contribution is 2.10. The molecule has 2 rings (SSSR count). The van der Waals surface area contributed by atoms with Gasteiger partial charge < -0.3 is 17.3 Å². The van der Waals surface area contributed by atoms with Crippen molar-refractivity contribution in [3.8, 4) is 0 Å². The van der Waals surface area contributed by atoms with Crippen LogP contribution in [-0.4, -0.2) is 78.0 Å². The molecule has 0 radical (unpaired) electrons. The van der Waals surface area contributed by atoms with Gasteiger partial charge >= 0.3 is 13.2 Å². The van der Waals surface area contributed by atoms with Gasteiger partial charge in [0.25, 0.3) is 0 Å². The Morgan fingerprint density at radius 2 is 1.61 bits per heavy atom. The summed E-state index contributed by atoms with van der Waals surface area (Å²) in [6.45, 7) is 0. The summed E-state index contributed by atoms with van der Waals surface area (Å²) in [5.74, 6) is 0.939. The van der Waals surface area contributed by atoms with E-state index in [0.29, 0.717) is 0 Å². The van der Waals surface area contributed by atoms with Crippen molar-refractivity contribution < 1.29 is 21.8 Å². The standard InChI is InChI=1S/C12H19N6.BF4/c1-15(2)12(17(5)16(3)4)18-11-9-7-6-8-10(11)13-14-18;2-1(3,4)5/h6-9H,1-5H3;/q+1;-1. The van der Waals surface area contributed by atoms with Gasteiger partial charge in [-0.25, -0.2) is 0 Å². The Morgan fingerprint density at radius 3 is 2.09 bits per heavy atom. The second-order valence-electron chi connectivity index (χ2n) is 5.05. The Bertz CT molecular complexity index is 671. The molecule has 11 heteroatoms. The van der Waals surface area contributed by atoms with Crippen LogP contribution in [0.3, 0.4) is 0 Å². The molecular weight excluding hydrogens is 315 g/mol. The fraction of sp³-hybridized carbons (Fsp3) is 0.417. The fourth-order valence-electron chi connectivity index (χ4n) is 1.81. The molecule has 0 N–H and O–H groups in total. The van der Waals surface area contributed by atoms with Gasteiger partial charge in [0.05, 0.1) is 21.1 Å². The molecule has 23 heavy (non-hydrogen) atoms. The molecule has 0 aliphatic heterocycles. The molecule has 0 aliphatic carbocycles. The highest BCUT2D eigenvalue weighted by molar-refractivity contribution is 6.50. The molecule has 0 fully saturated rings. The Labute approximate surface area is 131 Å². The third kappa shape index (κ3) is 5.51. The molecule has 128 valence electrons. The second kappa shape index (κ2) is 7.40. The quantitative estimate of drug-likeness (QED) is 0.198. The largest absolute Gasteiger partial charge is 0.673 e. The number of hydrogen-bond acceptors (Lipinski definition) is 3. The van der Waals surface area contributed by atoms with Gasteiger partial charge in [0.15, 0.2) is 5.52 Å². The summed E-state index contributed by atoms with van der Waals surface area (Å²) in [7, 11) is 3.95. The predicted molar refractivity (Wildman–Crippen MR) is 81.7 cm³/mol. The smallest absolute Gasteiger partial charge is 0.418 e. The van der Waals surface area contributed by atoms with E-state index in [2.05, 4.69) is 10.3 Å². The normalized spacial score (nSPS) is 11.2. The zero-order chi connectivity index (χ0) is 17.8. The number of halogens is 4. The van der Waals surface area contributed by atoms with Gasteiger partial charge in [-0.05, 0) is 12.1 Å². The van der Waals surface area contributed by atoms with Gasteiger partial charge in [-0.15, -0.1) is 5.10 Å². The minimum Gasteiger partial charge on any atom is -0.418 e. The molecule has 0 saturated carbocycles. The molecule has 2 aromatic rings. The summed E-state index contributed by atoms with van der Waals surface area (Å²) >= 11 is 0. The molecule has 0 amide bonds. The summed E-state index contributed by atoms with van der Waals surface area (Å²) in [5.41, 5.74) is 1.89. The Hall–Kier alpha value is -2.17. The first-order valence-corrected chi connectivity index (χ1v) is 6.65. The third-order valence-electron chi connectivity index (χ3n) is 2.83. The van der Waals surface area contributed by atoms with Crippen LogP contribution in [0.25, 0.3) is 11.0 Å². The maximum atomic E-state index is 9.75. The van der Waals surface area contributed by atoms with E-state index in [9.17, 15) is 17.3 Å². The third-order valence-corrected chi connectivity index (χ3v) is 2.83. The lowest BCUT2D eigenvalue weighted by Crippen LogP contribution is -2.46. The zero-order valence-corrected chi connectivity index (χ0v) is 13.6. The van der Waals surface area contributed by atoms with Gasteiger partial charge in [0.2, 0.25) is 0 Å². The fourth-order valence-corrected chi connectivity index (χ4v) is 1.81. The molecule has 0 spiro atoms. The van der Waals surface area contributed by atoms with E-state index < -0.39 is 7.25 Å². The molecule has 6 nitrogen and oxygen atoms in total. The van der Waals surface area contributed by atoms with Crippen LogP contribution >= 0.6 is 0 Å². The maximum Gasteiger partial charge on any atom is 0.673 e. The van der Waals surface area contributed by atoms with Crippen LogP contribution in [0.4, 0.5) is 17.3 Å². The van der Waals surface area contributed by atoms with Gasteiger partial charge in [0, 0.05) is 19.3 Å². The van der Waals surface area contributed by atoms with Crippen LogP contribution in [-0.2, 0) is 0 Å². The lowest BCUT2D eigenvalue weighted by molar-refractivity contribution is -0.474. The molecular formula is C12H19BF4N6. The molecule has 0 aliphatic rings. The van der Waals surface area contributed by atoms with Crippen LogP contribution in [0.15, 0.2) is 24.3 Å². The summed E-state index contributed by atoms with van der Waals surface area (Å²) in [4.78, 5) is 0. The van der Waals surface area contributed by atoms with E-state index in [1.807, 2.05) is 78.8 Å². The molecule has 0 bridgehead atoms. The Morgan fingerprint density at radius 1 is 1.09 bits per heavy atom. The van der Waals surface area contributed by atoms with E-state index in [0.717, 1.165) is 17.0 Å². The van der Waals surface area contributed by atoms with Crippen molar-refractivity contribution in [3.63, 3.8) is 0 Å². The van der Waals surface area contributed by atoms with E-state index in [1.165, 1.54) is 0 Å². The van der Waals surface area contributed by atoms with E-state index in [4.69, 9.17) is 0 Å². The molecule has 1 heterocycles. The number of hydrogen-bond donors (Lipinski definition) is 0. The topological polar surface area (TPSA) is 40.2 Å². The van der Waals surface area contributed by atoms with Gasteiger partial charge in [0.1, 0.15) is 5.52 Å². The summed E-state index contributed by atoms with van der Waals surface area (Å²) in [6, 6.07) is 7.93. The molecule has 0 atom stereocenters. The highest BCUT2D eigenvalue weighted by atomic mass is 19.5. The van der Waals surface area contributed by atoms with Crippen molar-refractivity contribution in [1.29, 1.82) is 0 Å². The van der Waals surface area contributed by atoms with Crippen LogP contribution in [0, 0.1) is 0 Å². The van der Waals surface area contributed by atoms with Crippen LogP contribution in [0.5, 0.6) is 0 Å². The minimum absolute atomic E-state index is 0.893. The average Bonchev–Trinajstić information content (AvgIpc) is 2.80.